The first-order valence-corrected chi connectivity index (χ1v) is 4.60. The summed E-state index contributed by atoms with van der Waals surface area (Å²) in [5, 5.41) is 9.16. The first-order valence-electron chi connectivity index (χ1n) is 4.60. The zero-order valence-corrected chi connectivity index (χ0v) is 9.46. The van der Waals surface area contributed by atoms with Crippen molar-refractivity contribution in [1.82, 2.24) is 0 Å². The Bertz CT molecular complexity index is 316. The summed E-state index contributed by atoms with van der Waals surface area (Å²) in [6, 6.07) is 9.20. The van der Waals surface area contributed by atoms with Crippen LogP contribution in [-0.4, -0.2) is 17.6 Å². The predicted octanol–water partition coefficient (Wildman–Crippen LogP) is 1.80. The monoisotopic (exact) mass is 229 g/mol. The molecule has 4 heteroatoms. The molecule has 0 aliphatic heterocycles. The molecule has 1 unspecified atom stereocenters. The van der Waals surface area contributed by atoms with E-state index in [9.17, 15) is 4.79 Å². The normalized spacial score (nSPS) is 13.7. The molecule has 3 N–H and O–H groups in total. The second-order valence-corrected chi connectivity index (χ2v) is 3.54. The second kappa shape index (κ2) is 5.73. The lowest BCUT2D eigenvalue weighted by atomic mass is 9.79. The SMILES string of the molecule is CC(CCN)(C(=O)O)c1ccccc1.Cl. The number of benzene rings is 1. The third-order valence-electron chi connectivity index (χ3n) is 2.53. The van der Waals surface area contributed by atoms with Gasteiger partial charge in [-0.05, 0) is 25.5 Å². The molecule has 0 bridgehead atoms. The third-order valence-corrected chi connectivity index (χ3v) is 2.53. The summed E-state index contributed by atoms with van der Waals surface area (Å²) in [5.74, 6) is -0.825. The van der Waals surface area contributed by atoms with E-state index in [0.717, 1.165) is 5.56 Å². The van der Waals surface area contributed by atoms with Crippen molar-refractivity contribution in [2.24, 2.45) is 5.73 Å². The van der Waals surface area contributed by atoms with E-state index in [1.54, 1.807) is 6.92 Å². The van der Waals surface area contributed by atoms with Crippen LogP contribution in [0.5, 0.6) is 0 Å². The van der Waals surface area contributed by atoms with Crippen LogP contribution < -0.4 is 5.73 Å². The molecule has 0 aliphatic carbocycles. The third kappa shape index (κ3) is 2.94. The summed E-state index contributed by atoms with van der Waals surface area (Å²) in [4.78, 5) is 11.2. The first kappa shape index (κ1) is 13.9. The Balaban J connectivity index is 0.00000196. The van der Waals surface area contributed by atoms with E-state index >= 15 is 0 Å². The molecule has 0 amide bonds. The largest absolute Gasteiger partial charge is 0.481 e. The molecule has 1 aromatic carbocycles. The molecule has 0 spiro atoms. The van der Waals surface area contributed by atoms with Gasteiger partial charge in [-0.25, -0.2) is 0 Å². The van der Waals surface area contributed by atoms with E-state index in [-0.39, 0.29) is 12.4 Å². The number of aliphatic carboxylic acids is 1. The average Bonchev–Trinajstić information content (AvgIpc) is 2.19. The summed E-state index contributed by atoms with van der Waals surface area (Å²) in [6.07, 6.45) is 0.451. The molecule has 0 aliphatic rings. The number of nitrogens with two attached hydrogens (primary N) is 1. The van der Waals surface area contributed by atoms with Gasteiger partial charge in [0.1, 0.15) is 0 Å². The van der Waals surface area contributed by atoms with Crippen LogP contribution in [0.15, 0.2) is 30.3 Å². The molecule has 15 heavy (non-hydrogen) atoms. The Morgan fingerprint density at radius 2 is 1.93 bits per heavy atom. The predicted molar refractivity (Wildman–Crippen MR) is 62.3 cm³/mol. The van der Waals surface area contributed by atoms with Crippen LogP contribution in [-0.2, 0) is 10.2 Å². The molecule has 1 atom stereocenters. The van der Waals surface area contributed by atoms with E-state index in [4.69, 9.17) is 10.8 Å². The minimum atomic E-state index is -0.865. The molecule has 0 aromatic heterocycles. The van der Waals surface area contributed by atoms with Crippen molar-refractivity contribution in [3.63, 3.8) is 0 Å². The molecule has 0 heterocycles. The molecule has 0 fully saturated rings. The van der Waals surface area contributed by atoms with E-state index in [1.165, 1.54) is 0 Å². The molecule has 3 nitrogen and oxygen atoms in total. The molecule has 84 valence electrons. The number of hydrogen-bond acceptors (Lipinski definition) is 2. The topological polar surface area (TPSA) is 63.3 Å². The lowest BCUT2D eigenvalue weighted by Crippen LogP contribution is -2.34. The Labute approximate surface area is 95.7 Å². The standard InChI is InChI=1S/C11H15NO2.ClH/c1-11(7-8-12,10(13)14)9-5-3-2-4-6-9;/h2-6H,7-8,12H2,1H3,(H,13,14);1H. The highest BCUT2D eigenvalue weighted by molar-refractivity contribution is 5.85. The maximum absolute atomic E-state index is 11.2. The van der Waals surface area contributed by atoms with Crippen LogP contribution in [0.4, 0.5) is 0 Å². The average molecular weight is 230 g/mol. The van der Waals surface area contributed by atoms with Gasteiger partial charge in [-0.2, -0.15) is 0 Å². The van der Waals surface area contributed by atoms with Gasteiger partial charge >= 0.3 is 5.97 Å². The highest BCUT2D eigenvalue weighted by Crippen LogP contribution is 2.27. The fourth-order valence-electron chi connectivity index (χ4n) is 1.47. The minimum Gasteiger partial charge on any atom is -0.481 e. The summed E-state index contributed by atoms with van der Waals surface area (Å²) in [5.41, 5.74) is 5.37. The Hall–Kier alpha value is -1.06. The summed E-state index contributed by atoms with van der Waals surface area (Å²) < 4.78 is 0. The molecular weight excluding hydrogens is 214 g/mol. The van der Waals surface area contributed by atoms with Gasteiger partial charge in [-0.1, -0.05) is 30.3 Å². The number of halogens is 1. The fraction of sp³-hybridized carbons (Fsp3) is 0.364. The number of carboxylic acid groups (broad SMARTS) is 1. The molecule has 0 radical (unpaired) electrons. The van der Waals surface area contributed by atoms with Crippen molar-refractivity contribution < 1.29 is 9.90 Å². The smallest absolute Gasteiger partial charge is 0.313 e. The fourth-order valence-corrected chi connectivity index (χ4v) is 1.47. The lowest BCUT2D eigenvalue weighted by molar-refractivity contribution is -0.143. The number of hydrogen-bond donors (Lipinski definition) is 2. The van der Waals surface area contributed by atoms with E-state index in [1.807, 2.05) is 30.3 Å². The van der Waals surface area contributed by atoms with Crippen molar-refractivity contribution in [2.75, 3.05) is 6.54 Å². The van der Waals surface area contributed by atoms with Crippen LogP contribution in [0.3, 0.4) is 0 Å². The molecule has 0 saturated heterocycles. The first-order chi connectivity index (χ1) is 6.61. The maximum atomic E-state index is 11.2. The highest BCUT2D eigenvalue weighted by Gasteiger charge is 2.33. The van der Waals surface area contributed by atoms with Crippen molar-refractivity contribution in [3.05, 3.63) is 35.9 Å². The van der Waals surface area contributed by atoms with Crippen molar-refractivity contribution >= 4 is 18.4 Å². The van der Waals surface area contributed by atoms with Gasteiger partial charge in [0.15, 0.2) is 0 Å². The zero-order valence-electron chi connectivity index (χ0n) is 8.64. The van der Waals surface area contributed by atoms with Gasteiger partial charge in [-0.15, -0.1) is 12.4 Å². The molecule has 1 rings (SSSR count). The lowest BCUT2D eigenvalue weighted by Gasteiger charge is -2.24. The Morgan fingerprint density at radius 3 is 2.33 bits per heavy atom. The van der Waals surface area contributed by atoms with Crippen molar-refractivity contribution in [2.45, 2.75) is 18.8 Å². The molecule has 1 aromatic rings. The summed E-state index contributed by atoms with van der Waals surface area (Å²) in [7, 11) is 0. The van der Waals surface area contributed by atoms with Crippen LogP contribution in [0, 0.1) is 0 Å². The maximum Gasteiger partial charge on any atom is 0.313 e. The van der Waals surface area contributed by atoms with Crippen LogP contribution >= 0.6 is 12.4 Å². The van der Waals surface area contributed by atoms with Gasteiger partial charge in [-0.3, -0.25) is 4.79 Å². The van der Waals surface area contributed by atoms with E-state index in [0.29, 0.717) is 13.0 Å². The second-order valence-electron chi connectivity index (χ2n) is 3.54. The minimum absolute atomic E-state index is 0. The zero-order chi connectivity index (χ0) is 10.6. The van der Waals surface area contributed by atoms with Crippen LogP contribution in [0.1, 0.15) is 18.9 Å². The van der Waals surface area contributed by atoms with Gasteiger partial charge in [0, 0.05) is 0 Å². The van der Waals surface area contributed by atoms with Gasteiger partial charge in [0.25, 0.3) is 0 Å². The highest BCUT2D eigenvalue weighted by atomic mass is 35.5. The Morgan fingerprint density at radius 1 is 1.40 bits per heavy atom. The van der Waals surface area contributed by atoms with Gasteiger partial charge in [0.2, 0.25) is 0 Å². The quantitative estimate of drug-likeness (QED) is 0.828. The van der Waals surface area contributed by atoms with Crippen LogP contribution in [0.25, 0.3) is 0 Å². The Kier molecular flexibility index (Phi) is 5.33. The van der Waals surface area contributed by atoms with E-state index < -0.39 is 11.4 Å². The number of rotatable bonds is 4. The van der Waals surface area contributed by atoms with Crippen molar-refractivity contribution in [1.29, 1.82) is 0 Å². The van der Waals surface area contributed by atoms with Gasteiger partial charge in [0.05, 0.1) is 5.41 Å². The number of carbonyl (C=O) groups is 1. The number of carboxylic acids is 1. The summed E-state index contributed by atoms with van der Waals surface area (Å²) in [6.45, 7) is 2.08. The van der Waals surface area contributed by atoms with E-state index in [2.05, 4.69) is 0 Å². The van der Waals surface area contributed by atoms with Crippen molar-refractivity contribution in [3.8, 4) is 0 Å². The molecular formula is C11H16ClNO2. The van der Waals surface area contributed by atoms with Gasteiger partial charge < -0.3 is 10.8 Å². The summed E-state index contributed by atoms with van der Waals surface area (Å²) >= 11 is 0. The van der Waals surface area contributed by atoms with Crippen LogP contribution in [0.2, 0.25) is 0 Å². The molecule has 0 saturated carbocycles.